The Kier molecular flexibility index (Phi) is 2.56. The van der Waals surface area contributed by atoms with Crippen LogP contribution in [0.3, 0.4) is 0 Å². The van der Waals surface area contributed by atoms with E-state index in [1.54, 1.807) is 32.0 Å². The summed E-state index contributed by atoms with van der Waals surface area (Å²) in [7, 11) is 0. The summed E-state index contributed by atoms with van der Waals surface area (Å²) in [6.45, 7) is 3.53. The summed E-state index contributed by atoms with van der Waals surface area (Å²) in [5.41, 5.74) is 1.55. The lowest BCUT2D eigenvalue weighted by Crippen LogP contribution is -1.96. The predicted octanol–water partition coefficient (Wildman–Crippen LogP) is 4.02. The molecule has 0 N–H and O–H groups in total. The van der Waals surface area contributed by atoms with E-state index in [1.807, 2.05) is 6.07 Å². The van der Waals surface area contributed by atoms with Gasteiger partial charge in [0, 0.05) is 10.9 Å². The van der Waals surface area contributed by atoms with Crippen LogP contribution in [0.4, 0.5) is 5.69 Å². The zero-order valence-corrected chi connectivity index (χ0v) is 9.71. The molecule has 82 valence electrons. The van der Waals surface area contributed by atoms with E-state index in [0.717, 1.165) is 10.9 Å². The first kappa shape index (κ1) is 10.9. The van der Waals surface area contributed by atoms with Crippen molar-refractivity contribution in [3.63, 3.8) is 0 Å². The Hall–Kier alpha value is -1.61. The summed E-state index contributed by atoms with van der Waals surface area (Å²) in [5.74, 6) is 0. The maximum Gasteiger partial charge on any atom is 0.280 e. The number of hydrogen-bond donors (Lipinski definition) is 0. The number of rotatable bonds is 1. The maximum absolute atomic E-state index is 11.1. The predicted molar refractivity (Wildman–Crippen MR) is 65.1 cm³/mol. The third-order valence-electron chi connectivity index (χ3n) is 2.85. The number of halogens is 1. The summed E-state index contributed by atoms with van der Waals surface area (Å²) >= 11 is 6.19. The van der Waals surface area contributed by atoms with Crippen LogP contribution in [0, 0.1) is 24.0 Å². The molecule has 0 radical (unpaired) electrons. The lowest BCUT2D eigenvalue weighted by molar-refractivity contribution is -0.383. The Labute approximate surface area is 97.8 Å². The molecule has 0 spiro atoms. The molecule has 2 aromatic carbocycles. The molecular weight excluding hydrogens is 226 g/mol. The minimum Gasteiger partial charge on any atom is -0.258 e. The van der Waals surface area contributed by atoms with Gasteiger partial charge in [-0.15, -0.1) is 0 Å². The summed E-state index contributed by atoms with van der Waals surface area (Å²) in [5, 5.41) is 13.0. The van der Waals surface area contributed by atoms with Gasteiger partial charge in [0.05, 0.1) is 15.3 Å². The first-order valence-corrected chi connectivity index (χ1v) is 5.23. The molecule has 0 aliphatic rings. The Bertz CT molecular complexity index is 593. The molecular formula is C12H10ClNO2. The van der Waals surface area contributed by atoms with Crippen molar-refractivity contribution in [2.75, 3.05) is 0 Å². The van der Waals surface area contributed by atoms with Gasteiger partial charge in [-0.3, -0.25) is 10.1 Å². The van der Waals surface area contributed by atoms with Crippen LogP contribution in [-0.2, 0) is 0 Å². The molecule has 0 aliphatic carbocycles. The second-order valence-electron chi connectivity index (χ2n) is 3.72. The monoisotopic (exact) mass is 235 g/mol. The van der Waals surface area contributed by atoms with Crippen LogP contribution in [0.1, 0.15) is 11.1 Å². The van der Waals surface area contributed by atoms with E-state index in [1.165, 1.54) is 0 Å². The Morgan fingerprint density at radius 3 is 2.25 bits per heavy atom. The molecule has 0 saturated heterocycles. The van der Waals surface area contributed by atoms with E-state index in [9.17, 15) is 10.1 Å². The normalized spacial score (nSPS) is 10.7. The molecule has 0 fully saturated rings. The highest BCUT2D eigenvalue weighted by Crippen LogP contribution is 2.37. The molecule has 16 heavy (non-hydrogen) atoms. The molecule has 2 aromatic rings. The van der Waals surface area contributed by atoms with Crippen LogP contribution in [-0.4, -0.2) is 4.92 Å². The van der Waals surface area contributed by atoms with Gasteiger partial charge < -0.3 is 0 Å². The molecule has 0 unspecified atom stereocenters. The quantitative estimate of drug-likeness (QED) is 0.554. The van der Waals surface area contributed by atoms with Crippen molar-refractivity contribution in [3.05, 3.63) is 50.5 Å². The van der Waals surface area contributed by atoms with E-state index in [-0.39, 0.29) is 10.6 Å². The third kappa shape index (κ3) is 1.44. The van der Waals surface area contributed by atoms with Crippen molar-refractivity contribution in [1.82, 2.24) is 0 Å². The van der Waals surface area contributed by atoms with Gasteiger partial charge in [-0.25, -0.2) is 0 Å². The molecule has 2 rings (SSSR count). The third-order valence-corrected chi connectivity index (χ3v) is 3.34. The van der Waals surface area contributed by atoms with Gasteiger partial charge in [0.2, 0.25) is 0 Å². The standard InChI is InChI=1S/C12H10ClNO2/c1-7-8(2)12(14(15)16)10-6-4-3-5-9(10)11(7)13/h3-6H,1-2H3. The fraction of sp³-hybridized carbons (Fsp3) is 0.167. The molecule has 0 saturated carbocycles. The van der Waals surface area contributed by atoms with Crippen molar-refractivity contribution < 1.29 is 4.92 Å². The number of hydrogen-bond acceptors (Lipinski definition) is 2. The SMILES string of the molecule is Cc1c(C)c([N+](=O)[O-])c2ccccc2c1Cl. The maximum atomic E-state index is 11.1. The van der Waals surface area contributed by atoms with Crippen LogP contribution in [0.5, 0.6) is 0 Å². The minimum absolute atomic E-state index is 0.150. The van der Waals surface area contributed by atoms with Gasteiger partial charge in [0.25, 0.3) is 5.69 Å². The second kappa shape index (κ2) is 3.76. The van der Waals surface area contributed by atoms with Gasteiger partial charge in [-0.2, -0.15) is 0 Å². The van der Waals surface area contributed by atoms with E-state index in [0.29, 0.717) is 16.0 Å². The summed E-state index contributed by atoms with van der Waals surface area (Å²) in [4.78, 5) is 10.7. The molecule has 0 amide bonds. The number of benzene rings is 2. The lowest BCUT2D eigenvalue weighted by atomic mass is 10.00. The zero-order valence-electron chi connectivity index (χ0n) is 8.95. The molecule has 0 aliphatic heterocycles. The largest absolute Gasteiger partial charge is 0.280 e. The molecule has 0 aromatic heterocycles. The Morgan fingerprint density at radius 1 is 1.12 bits per heavy atom. The first-order chi connectivity index (χ1) is 7.54. The smallest absolute Gasteiger partial charge is 0.258 e. The fourth-order valence-corrected chi connectivity index (χ4v) is 2.17. The van der Waals surface area contributed by atoms with Crippen molar-refractivity contribution in [1.29, 1.82) is 0 Å². The molecule has 0 heterocycles. The number of fused-ring (bicyclic) bond motifs is 1. The summed E-state index contributed by atoms with van der Waals surface area (Å²) in [6, 6.07) is 7.13. The van der Waals surface area contributed by atoms with Gasteiger partial charge in [-0.1, -0.05) is 29.8 Å². The van der Waals surface area contributed by atoms with E-state index in [4.69, 9.17) is 11.6 Å². The topological polar surface area (TPSA) is 43.1 Å². The number of nitrogens with zero attached hydrogens (tertiary/aromatic N) is 1. The van der Waals surface area contributed by atoms with E-state index >= 15 is 0 Å². The summed E-state index contributed by atoms with van der Waals surface area (Å²) in [6.07, 6.45) is 0. The van der Waals surface area contributed by atoms with Gasteiger partial charge in [0.15, 0.2) is 0 Å². The highest BCUT2D eigenvalue weighted by atomic mass is 35.5. The van der Waals surface area contributed by atoms with Crippen LogP contribution in [0.25, 0.3) is 10.8 Å². The van der Waals surface area contributed by atoms with Gasteiger partial charge >= 0.3 is 0 Å². The average Bonchev–Trinajstić information content (AvgIpc) is 2.26. The van der Waals surface area contributed by atoms with Gasteiger partial charge in [0.1, 0.15) is 0 Å². The summed E-state index contributed by atoms with van der Waals surface area (Å²) < 4.78 is 0. The van der Waals surface area contributed by atoms with Crippen molar-refractivity contribution in [2.24, 2.45) is 0 Å². The highest BCUT2D eigenvalue weighted by Gasteiger charge is 2.20. The van der Waals surface area contributed by atoms with Crippen LogP contribution in [0.15, 0.2) is 24.3 Å². The number of nitro benzene ring substituents is 1. The van der Waals surface area contributed by atoms with E-state index in [2.05, 4.69) is 0 Å². The van der Waals surface area contributed by atoms with Crippen molar-refractivity contribution in [2.45, 2.75) is 13.8 Å². The first-order valence-electron chi connectivity index (χ1n) is 4.86. The van der Waals surface area contributed by atoms with Gasteiger partial charge in [-0.05, 0) is 25.5 Å². The van der Waals surface area contributed by atoms with Crippen LogP contribution < -0.4 is 0 Å². The van der Waals surface area contributed by atoms with E-state index < -0.39 is 0 Å². The Morgan fingerprint density at radius 2 is 1.69 bits per heavy atom. The number of nitro groups is 1. The van der Waals surface area contributed by atoms with Crippen LogP contribution in [0.2, 0.25) is 5.02 Å². The Balaban J connectivity index is 3.04. The molecule has 0 bridgehead atoms. The van der Waals surface area contributed by atoms with Crippen LogP contribution >= 0.6 is 11.6 Å². The van der Waals surface area contributed by atoms with Crippen molar-refractivity contribution >= 4 is 28.1 Å². The molecule has 0 atom stereocenters. The highest BCUT2D eigenvalue weighted by molar-refractivity contribution is 6.37. The fourth-order valence-electron chi connectivity index (χ4n) is 1.86. The minimum atomic E-state index is -0.346. The zero-order chi connectivity index (χ0) is 11.9. The van der Waals surface area contributed by atoms with Crippen molar-refractivity contribution in [3.8, 4) is 0 Å². The second-order valence-corrected chi connectivity index (χ2v) is 4.09. The lowest BCUT2D eigenvalue weighted by Gasteiger charge is -2.08. The average molecular weight is 236 g/mol. The molecule has 3 nitrogen and oxygen atoms in total. The molecule has 4 heteroatoms.